The molecule has 158 valence electrons. The van der Waals surface area contributed by atoms with Crippen molar-refractivity contribution in [3.05, 3.63) is 76.5 Å². The molecule has 1 aromatic carbocycles. The first-order valence-electron chi connectivity index (χ1n) is 9.75. The molecule has 0 aliphatic carbocycles. The number of furan rings is 1. The molecule has 7 nitrogen and oxygen atoms in total. The zero-order valence-corrected chi connectivity index (χ0v) is 17.7. The maximum absolute atomic E-state index is 13.1. The van der Waals surface area contributed by atoms with Gasteiger partial charge in [0, 0.05) is 17.9 Å². The summed E-state index contributed by atoms with van der Waals surface area (Å²) in [7, 11) is 1.61. The number of hydrogen-bond donors (Lipinski definition) is 1. The molecule has 2 aromatic heterocycles. The molecule has 3 aromatic rings. The molecule has 0 fully saturated rings. The van der Waals surface area contributed by atoms with Crippen LogP contribution in [0.25, 0.3) is 0 Å². The van der Waals surface area contributed by atoms with Crippen LogP contribution < -0.4 is 4.74 Å². The van der Waals surface area contributed by atoms with E-state index in [1.165, 1.54) is 6.26 Å². The fraction of sp³-hybridized carbons (Fsp3) is 0.304. The number of nitrogens with zero attached hydrogens (tertiary/aromatic N) is 1. The molecule has 3 rings (SSSR count). The Morgan fingerprint density at radius 3 is 2.43 bits per heavy atom. The molecule has 0 aliphatic heterocycles. The number of carbonyl (C=O) groups is 2. The van der Waals surface area contributed by atoms with Gasteiger partial charge in [-0.05, 0) is 56.2 Å². The van der Waals surface area contributed by atoms with E-state index >= 15 is 0 Å². The smallest absolute Gasteiger partial charge is 0.340 e. The van der Waals surface area contributed by atoms with E-state index in [0.29, 0.717) is 18.7 Å². The minimum atomic E-state index is -0.367. The molecule has 0 bridgehead atoms. The van der Waals surface area contributed by atoms with E-state index in [0.717, 1.165) is 28.3 Å². The predicted octanol–water partition coefficient (Wildman–Crippen LogP) is 4.25. The molecular weight excluding hydrogens is 384 g/mol. The van der Waals surface area contributed by atoms with Gasteiger partial charge in [-0.1, -0.05) is 12.1 Å². The second-order valence-corrected chi connectivity index (χ2v) is 6.94. The SMILES string of the molecule is CCOC(=O)c1c(C)[nH]c(CN(Cc2ccc(OC)cc2)C(=O)c2ccco2)c1C. The number of aryl methyl sites for hydroxylation is 1. The Labute approximate surface area is 175 Å². The van der Waals surface area contributed by atoms with Crippen LogP contribution in [0.1, 0.15) is 50.4 Å². The summed E-state index contributed by atoms with van der Waals surface area (Å²) < 4.78 is 15.7. The Balaban J connectivity index is 1.90. The number of nitrogens with one attached hydrogen (secondary N) is 1. The van der Waals surface area contributed by atoms with Crippen LogP contribution in [0.4, 0.5) is 0 Å². The van der Waals surface area contributed by atoms with Gasteiger partial charge in [0.1, 0.15) is 5.75 Å². The van der Waals surface area contributed by atoms with Crippen LogP contribution in [-0.2, 0) is 17.8 Å². The first kappa shape index (κ1) is 21.2. The molecular formula is C23H26N2O5. The van der Waals surface area contributed by atoms with Crippen molar-refractivity contribution in [2.24, 2.45) is 0 Å². The normalized spacial score (nSPS) is 10.7. The molecule has 30 heavy (non-hydrogen) atoms. The average Bonchev–Trinajstić information content (AvgIpc) is 3.36. The van der Waals surface area contributed by atoms with Crippen molar-refractivity contribution in [2.75, 3.05) is 13.7 Å². The van der Waals surface area contributed by atoms with Crippen molar-refractivity contribution in [2.45, 2.75) is 33.9 Å². The van der Waals surface area contributed by atoms with Crippen LogP contribution in [0.5, 0.6) is 5.75 Å². The second kappa shape index (κ2) is 9.35. The Morgan fingerprint density at radius 1 is 1.10 bits per heavy atom. The molecule has 0 spiro atoms. The van der Waals surface area contributed by atoms with Gasteiger partial charge in [-0.2, -0.15) is 0 Å². The van der Waals surface area contributed by atoms with Gasteiger partial charge < -0.3 is 23.8 Å². The number of benzene rings is 1. The molecule has 1 amide bonds. The fourth-order valence-electron chi connectivity index (χ4n) is 3.38. The summed E-state index contributed by atoms with van der Waals surface area (Å²) in [5.41, 5.74) is 3.74. The number of aromatic nitrogens is 1. The molecule has 0 aliphatic rings. The third-order valence-electron chi connectivity index (χ3n) is 4.92. The van der Waals surface area contributed by atoms with Crippen LogP contribution in [0, 0.1) is 13.8 Å². The van der Waals surface area contributed by atoms with Gasteiger partial charge in [0.25, 0.3) is 5.91 Å². The minimum Gasteiger partial charge on any atom is -0.497 e. The molecule has 2 heterocycles. The number of carbonyl (C=O) groups excluding carboxylic acids is 2. The quantitative estimate of drug-likeness (QED) is 0.561. The lowest BCUT2D eigenvalue weighted by Crippen LogP contribution is -2.30. The predicted molar refractivity (Wildman–Crippen MR) is 112 cm³/mol. The van der Waals surface area contributed by atoms with E-state index in [2.05, 4.69) is 4.98 Å². The number of methoxy groups -OCH3 is 1. The molecule has 0 atom stereocenters. The van der Waals surface area contributed by atoms with E-state index < -0.39 is 0 Å². The molecule has 0 saturated heterocycles. The summed E-state index contributed by atoms with van der Waals surface area (Å²) in [4.78, 5) is 30.3. The Hall–Kier alpha value is -3.48. The number of H-pyrrole nitrogens is 1. The van der Waals surface area contributed by atoms with Gasteiger partial charge in [-0.25, -0.2) is 4.79 Å². The second-order valence-electron chi connectivity index (χ2n) is 6.94. The number of rotatable bonds is 8. The molecule has 1 N–H and O–H groups in total. The van der Waals surface area contributed by atoms with E-state index in [4.69, 9.17) is 13.9 Å². The van der Waals surface area contributed by atoms with E-state index in [9.17, 15) is 9.59 Å². The number of ether oxygens (including phenoxy) is 2. The van der Waals surface area contributed by atoms with Crippen molar-refractivity contribution in [3.8, 4) is 5.75 Å². The number of aromatic amines is 1. The highest BCUT2D eigenvalue weighted by Gasteiger charge is 2.24. The highest BCUT2D eigenvalue weighted by molar-refractivity contribution is 5.93. The summed E-state index contributed by atoms with van der Waals surface area (Å²) >= 11 is 0. The topological polar surface area (TPSA) is 84.8 Å². The van der Waals surface area contributed by atoms with Gasteiger partial charge in [0.05, 0.1) is 32.1 Å². The first-order chi connectivity index (χ1) is 14.4. The number of hydrogen-bond acceptors (Lipinski definition) is 5. The largest absolute Gasteiger partial charge is 0.497 e. The minimum absolute atomic E-state index is 0.236. The third kappa shape index (κ3) is 4.56. The molecule has 0 radical (unpaired) electrons. The highest BCUT2D eigenvalue weighted by Crippen LogP contribution is 2.23. The monoisotopic (exact) mass is 410 g/mol. The Kier molecular flexibility index (Phi) is 6.61. The zero-order chi connectivity index (χ0) is 21.7. The third-order valence-corrected chi connectivity index (χ3v) is 4.92. The Bertz CT molecular complexity index is 1000. The van der Waals surface area contributed by atoms with E-state index in [1.54, 1.807) is 31.1 Å². The van der Waals surface area contributed by atoms with Crippen LogP contribution in [0.3, 0.4) is 0 Å². The lowest BCUT2D eigenvalue weighted by molar-refractivity contribution is 0.0525. The van der Waals surface area contributed by atoms with Crippen LogP contribution in [0.2, 0.25) is 0 Å². The standard InChI is InChI=1S/C23H26N2O5/c1-5-29-23(27)21-15(2)19(24-16(21)3)14-25(22(26)20-7-6-12-30-20)13-17-8-10-18(28-4)11-9-17/h6-12,24H,5,13-14H2,1-4H3. The van der Waals surface area contributed by atoms with Crippen molar-refractivity contribution in [1.82, 2.24) is 9.88 Å². The summed E-state index contributed by atoms with van der Waals surface area (Å²) in [5.74, 6) is 0.404. The van der Waals surface area contributed by atoms with Gasteiger partial charge in [-0.15, -0.1) is 0 Å². The van der Waals surface area contributed by atoms with Crippen LogP contribution >= 0.6 is 0 Å². The molecule has 0 unspecified atom stereocenters. The van der Waals surface area contributed by atoms with Crippen LogP contribution in [-0.4, -0.2) is 35.5 Å². The van der Waals surface area contributed by atoms with Gasteiger partial charge >= 0.3 is 5.97 Å². The molecule has 7 heteroatoms. The molecule has 0 saturated carbocycles. The van der Waals surface area contributed by atoms with Gasteiger partial charge in [0.2, 0.25) is 0 Å². The van der Waals surface area contributed by atoms with Crippen molar-refractivity contribution >= 4 is 11.9 Å². The fourth-order valence-corrected chi connectivity index (χ4v) is 3.38. The number of amides is 1. The van der Waals surface area contributed by atoms with E-state index in [1.807, 2.05) is 38.1 Å². The van der Waals surface area contributed by atoms with Gasteiger partial charge in [0.15, 0.2) is 5.76 Å². The summed E-state index contributed by atoms with van der Waals surface area (Å²) in [6, 6.07) is 10.9. The van der Waals surface area contributed by atoms with Crippen LogP contribution in [0.15, 0.2) is 47.1 Å². The lowest BCUT2D eigenvalue weighted by Gasteiger charge is -2.22. The van der Waals surface area contributed by atoms with Crippen molar-refractivity contribution in [1.29, 1.82) is 0 Å². The first-order valence-corrected chi connectivity index (χ1v) is 9.75. The average molecular weight is 410 g/mol. The maximum atomic E-state index is 13.1. The highest BCUT2D eigenvalue weighted by atomic mass is 16.5. The summed E-state index contributed by atoms with van der Waals surface area (Å²) in [5, 5.41) is 0. The zero-order valence-electron chi connectivity index (χ0n) is 17.7. The summed E-state index contributed by atoms with van der Waals surface area (Å²) in [6.07, 6.45) is 1.47. The summed E-state index contributed by atoms with van der Waals surface area (Å²) in [6.45, 7) is 6.42. The number of esters is 1. The Morgan fingerprint density at radius 2 is 1.83 bits per heavy atom. The maximum Gasteiger partial charge on any atom is 0.340 e. The lowest BCUT2D eigenvalue weighted by atomic mass is 10.1. The van der Waals surface area contributed by atoms with Crippen molar-refractivity contribution in [3.63, 3.8) is 0 Å². The van der Waals surface area contributed by atoms with E-state index in [-0.39, 0.29) is 24.2 Å². The van der Waals surface area contributed by atoms with Crippen molar-refractivity contribution < 1.29 is 23.5 Å². The van der Waals surface area contributed by atoms with Gasteiger partial charge in [-0.3, -0.25) is 4.79 Å².